The molecule has 0 unspecified atom stereocenters. The Labute approximate surface area is 171 Å². The average molecular weight is 415 g/mol. The molecule has 2 aromatic rings. The van der Waals surface area contributed by atoms with E-state index in [2.05, 4.69) is 5.32 Å². The zero-order chi connectivity index (χ0) is 21.1. The van der Waals surface area contributed by atoms with Crippen LogP contribution in [0, 0.1) is 10.1 Å². The fraction of sp³-hybridized carbons (Fsp3) is 0.158. The molecule has 1 N–H and O–H groups in total. The van der Waals surface area contributed by atoms with Crippen LogP contribution in [0.1, 0.15) is 5.56 Å². The molecule has 29 heavy (non-hydrogen) atoms. The van der Waals surface area contributed by atoms with Gasteiger partial charge < -0.3 is 19.5 Å². The maximum atomic E-state index is 12.9. The van der Waals surface area contributed by atoms with E-state index < -0.39 is 10.8 Å². The predicted molar refractivity (Wildman–Crippen MR) is 110 cm³/mol. The van der Waals surface area contributed by atoms with Gasteiger partial charge in [-0.15, -0.1) is 0 Å². The molecule has 10 heteroatoms. The summed E-state index contributed by atoms with van der Waals surface area (Å²) in [5.74, 6) is 0.702. The molecule has 1 saturated heterocycles. The average Bonchev–Trinajstić information content (AvgIpc) is 3.00. The molecule has 9 nitrogen and oxygen atoms in total. The number of carbonyl (C=O) groups excluding carboxylic acids is 1. The molecule has 1 amide bonds. The van der Waals surface area contributed by atoms with Crippen LogP contribution in [0.2, 0.25) is 0 Å². The summed E-state index contributed by atoms with van der Waals surface area (Å²) in [4.78, 5) is 25.1. The second-order valence-corrected chi connectivity index (χ2v) is 6.24. The first-order chi connectivity index (χ1) is 13.9. The molecule has 1 fully saturated rings. The van der Waals surface area contributed by atoms with Gasteiger partial charge in [-0.1, -0.05) is 0 Å². The Morgan fingerprint density at radius 2 is 1.69 bits per heavy atom. The van der Waals surface area contributed by atoms with Crippen molar-refractivity contribution in [1.29, 1.82) is 0 Å². The number of benzene rings is 2. The van der Waals surface area contributed by atoms with Crippen molar-refractivity contribution in [2.45, 2.75) is 0 Å². The zero-order valence-corrected chi connectivity index (χ0v) is 16.6. The highest BCUT2D eigenvalue weighted by Crippen LogP contribution is 2.36. The number of nitro groups is 1. The van der Waals surface area contributed by atoms with Gasteiger partial charge in [0.25, 0.3) is 11.6 Å². The van der Waals surface area contributed by atoms with Crippen LogP contribution in [-0.2, 0) is 4.79 Å². The van der Waals surface area contributed by atoms with Crippen LogP contribution < -0.4 is 24.4 Å². The molecular weight excluding hydrogens is 398 g/mol. The molecule has 0 radical (unpaired) electrons. The summed E-state index contributed by atoms with van der Waals surface area (Å²) in [5, 5.41) is 14.4. The molecule has 150 valence electrons. The summed E-state index contributed by atoms with van der Waals surface area (Å²) in [6.07, 6.45) is 1.36. The first-order valence-electron chi connectivity index (χ1n) is 8.31. The number of methoxy groups -OCH3 is 3. The summed E-state index contributed by atoms with van der Waals surface area (Å²) in [5.41, 5.74) is 0.570. The number of nitro benzene ring substituents is 1. The Hall–Kier alpha value is -3.66. The Kier molecular flexibility index (Phi) is 5.64. The van der Waals surface area contributed by atoms with E-state index in [9.17, 15) is 14.9 Å². The van der Waals surface area contributed by atoms with Crippen molar-refractivity contribution < 1.29 is 23.9 Å². The smallest absolute Gasteiger partial charge is 0.281 e. The number of nitrogens with one attached hydrogen (secondary N) is 1. The van der Waals surface area contributed by atoms with Gasteiger partial charge in [-0.2, -0.15) is 0 Å². The Balaban J connectivity index is 2.01. The molecule has 2 aromatic carbocycles. The summed E-state index contributed by atoms with van der Waals surface area (Å²) in [6, 6.07) is 9.44. The van der Waals surface area contributed by atoms with Gasteiger partial charge in [-0.05, 0) is 48.6 Å². The van der Waals surface area contributed by atoms with Crippen LogP contribution in [0.5, 0.6) is 17.2 Å². The summed E-state index contributed by atoms with van der Waals surface area (Å²) in [6.45, 7) is 0. The van der Waals surface area contributed by atoms with Crippen LogP contribution >= 0.6 is 12.2 Å². The van der Waals surface area contributed by atoms with Crippen molar-refractivity contribution in [3.8, 4) is 17.2 Å². The molecule has 0 aromatic heterocycles. The van der Waals surface area contributed by atoms with Crippen LogP contribution in [0.15, 0.2) is 42.1 Å². The van der Waals surface area contributed by atoms with E-state index in [0.29, 0.717) is 17.2 Å². The minimum atomic E-state index is -0.562. The number of hydrogen-bond donors (Lipinski definition) is 1. The molecule has 1 aliphatic heterocycles. The van der Waals surface area contributed by atoms with Crippen molar-refractivity contribution in [2.24, 2.45) is 0 Å². The summed E-state index contributed by atoms with van der Waals surface area (Å²) < 4.78 is 15.4. The number of rotatable bonds is 6. The summed E-state index contributed by atoms with van der Waals surface area (Å²) >= 11 is 5.27. The number of amides is 1. The van der Waals surface area contributed by atoms with E-state index in [1.165, 1.54) is 37.3 Å². The van der Waals surface area contributed by atoms with Crippen molar-refractivity contribution in [1.82, 2.24) is 5.32 Å². The largest absolute Gasteiger partial charge is 0.497 e. The lowest BCUT2D eigenvalue weighted by molar-refractivity contribution is -0.385. The van der Waals surface area contributed by atoms with Crippen molar-refractivity contribution in [3.05, 3.63) is 57.8 Å². The van der Waals surface area contributed by atoms with Gasteiger partial charge >= 0.3 is 0 Å². The third kappa shape index (κ3) is 3.83. The summed E-state index contributed by atoms with van der Waals surface area (Å²) in [7, 11) is 4.34. The van der Waals surface area contributed by atoms with Gasteiger partial charge in [0.1, 0.15) is 11.4 Å². The molecule has 1 heterocycles. The highest BCUT2D eigenvalue weighted by atomic mass is 32.1. The number of carbonyl (C=O) groups is 1. The first kappa shape index (κ1) is 20.1. The lowest BCUT2D eigenvalue weighted by Gasteiger charge is -2.14. The standard InChI is InChI=1S/C19H17N3O6S/c1-26-13-6-4-12(5-7-13)21-18(23)14(20-19(21)29)8-11-9-16(27-2)17(28-3)10-15(11)22(24)25/h4-10H,1-3H3,(H,20,29). The Morgan fingerprint density at radius 3 is 2.24 bits per heavy atom. The van der Waals surface area contributed by atoms with Gasteiger partial charge in [0.15, 0.2) is 16.6 Å². The molecular formula is C19H17N3O6S. The van der Waals surface area contributed by atoms with E-state index in [1.807, 2.05) is 0 Å². The lowest BCUT2D eigenvalue weighted by atomic mass is 10.1. The normalized spacial score (nSPS) is 14.7. The van der Waals surface area contributed by atoms with Crippen LogP contribution in [0.4, 0.5) is 11.4 Å². The van der Waals surface area contributed by atoms with Gasteiger partial charge in [0.05, 0.1) is 43.6 Å². The van der Waals surface area contributed by atoms with E-state index in [-0.39, 0.29) is 27.8 Å². The third-order valence-corrected chi connectivity index (χ3v) is 4.52. The van der Waals surface area contributed by atoms with Crippen molar-refractivity contribution >= 4 is 40.7 Å². The maximum absolute atomic E-state index is 12.9. The van der Waals surface area contributed by atoms with Crippen molar-refractivity contribution in [2.75, 3.05) is 26.2 Å². The number of anilines is 1. The Morgan fingerprint density at radius 1 is 1.07 bits per heavy atom. The van der Waals surface area contributed by atoms with Crippen LogP contribution in [-0.4, -0.2) is 37.3 Å². The quantitative estimate of drug-likeness (QED) is 0.333. The van der Waals surface area contributed by atoms with E-state index in [0.717, 1.165) is 0 Å². The highest BCUT2D eigenvalue weighted by Gasteiger charge is 2.33. The molecule has 0 aliphatic carbocycles. The number of thiocarbonyl (C=S) groups is 1. The Bertz CT molecular complexity index is 1020. The van der Waals surface area contributed by atoms with Gasteiger partial charge in [0.2, 0.25) is 0 Å². The second kappa shape index (κ2) is 8.15. The van der Waals surface area contributed by atoms with Crippen LogP contribution in [0.3, 0.4) is 0 Å². The second-order valence-electron chi connectivity index (χ2n) is 5.85. The monoisotopic (exact) mass is 415 g/mol. The fourth-order valence-corrected chi connectivity index (χ4v) is 3.11. The minimum absolute atomic E-state index is 0.0983. The van der Waals surface area contributed by atoms with E-state index in [4.69, 9.17) is 26.4 Å². The topological polar surface area (TPSA) is 103 Å². The lowest BCUT2D eigenvalue weighted by Crippen LogP contribution is -2.30. The number of hydrogen-bond acceptors (Lipinski definition) is 7. The van der Waals surface area contributed by atoms with E-state index >= 15 is 0 Å². The number of ether oxygens (including phenoxy) is 3. The van der Waals surface area contributed by atoms with Gasteiger partial charge in [-0.25, -0.2) is 0 Å². The first-order valence-corrected chi connectivity index (χ1v) is 8.72. The fourth-order valence-electron chi connectivity index (χ4n) is 2.81. The molecule has 0 saturated carbocycles. The maximum Gasteiger partial charge on any atom is 0.281 e. The van der Waals surface area contributed by atoms with Gasteiger partial charge in [-0.3, -0.25) is 19.8 Å². The molecule has 0 bridgehead atoms. The SMILES string of the molecule is COc1ccc(N2C(=O)C(=Cc3cc(OC)c(OC)cc3[N+](=O)[O-])NC2=S)cc1. The van der Waals surface area contributed by atoms with Gasteiger partial charge in [0, 0.05) is 0 Å². The third-order valence-electron chi connectivity index (χ3n) is 4.24. The molecule has 0 spiro atoms. The molecule has 1 aliphatic rings. The predicted octanol–water partition coefficient (Wildman–Crippen LogP) is 2.88. The molecule has 0 atom stereocenters. The van der Waals surface area contributed by atoms with Crippen LogP contribution in [0.25, 0.3) is 6.08 Å². The van der Waals surface area contributed by atoms with E-state index in [1.54, 1.807) is 31.4 Å². The molecule has 3 rings (SSSR count). The zero-order valence-electron chi connectivity index (χ0n) is 15.8. The number of nitrogens with zero attached hydrogens (tertiary/aromatic N) is 2. The highest BCUT2D eigenvalue weighted by molar-refractivity contribution is 7.80. The van der Waals surface area contributed by atoms with Crippen molar-refractivity contribution in [3.63, 3.8) is 0 Å². The minimum Gasteiger partial charge on any atom is -0.497 e.